The number of carbonyl (C=O) groups excluding carboxylic acids is 3. The van der Waals surface area contributed by atoms with Gasteiger partial charge in [0.25, 0.3) is 5.91 Å². The zero-order chi connectivity index (χ0) is 41.5. The highest BCUT2D eigenvalue weighted by Gasteiger charge is 2.33. The van der Waals surface area contributed by atoms with Gasteiger partial charge in [-0.1, -0.05) is 141 Å². The summed E-state index contributed by atoms with van der Waals surface area (Å²) < 4.78 is 17.3. The molecule has 0 aromatic rings. The zero-order valence-corrected chi connectivity index (χ0v) is 37.5. The molecule has 0 radical (unpaired) electrons. The van der Waals surface area contributed by atoms with Crippen LogP contribution in [0.4, 0.5) is 0 Å². The Morgan fingerprint density at radius 1 is 0.536 bits per heavy atom. The van der Waals surface area contributed by atoms with Crippen LogP contribution in [0.15, 0.2) is 24.3 Å². The molecule has 2 unspecified atom stereocenters. The van der Waals surface area contributed by atoms with Gasteiger partial charge in [0.2, 0.25) is 6.10 Å². The molecule has 0 aromatic heterocycles. The van der Waals surface area contributed by atoms with Crippen molar-refractivity contribution in [2.75, 3.05) is 19.8 Å². The molecule has 0 fully saturated rings. The largest absolute Gasteiger partial charge is 0.463 e. The van der Waals surface area contributed by atoms with Crippen molar-refractivity contribution >= 4 is 17.8 Å². The highest BCUT2D eigenvalue weighted by molar-refractivity contribution is 5.83. The third-order valence-electron chi connectivity index (χ3n) is 10.6. The molecule has 0 spiro atoms. The fraction of sp³-hybridized carbons (Fsp3) is 0.854. The van der Waals surface area contributed by atoms with Crippen LogP contribution >= 0.6 is 0 Å². The van der Waals surface area contributed by atoms with Crippen LogP contribution < -0.4 is 5.73 Å². The molecule has 0 rings (SSSR count). The van der Waals surface area contributed by atoms with Gasteiger partial charge in [0.05, 0.1) is 6.61 Å². The van der Waals surface area contributed by atoms with Crippen LogP contribution in [0.5, 0.6) is 0 Å². The molecular weight excluding hydrogens is 701 g/mol. The van der Waals surface area contributed by atoms with Gasteiger partial charge in [-0.25, -0.2) is 0 Å². The van der Waals surface area contributed by atoms with Gasteiger partial charge in [0.1, 0.15) is 12.7 Å². The van der Waals surface area contributed by atoms with Crippen molar-refractivity contribution in [3.63, 3.8) is 0 Å². The third-order valence-corrected chi connectivity index (χ3v) is 10.6. The Bertz CT molecular complexity index is 973. The van der Waals surface area contributed by atoms with Crippen LogP contribution in [-0.4, -0.2) is 66.8 Å². The van der Waals surface area contributed by atoms with Gasteiger partial charge in [-0.3, -0.25) is 19.3 Å². The average molecular weight is 791 g/mol. The van der Waals surface area contributed by atoms with Crippen LogP contribution in [0.25, 0.3) is 0 Å². The molecule has 2 N–H and O–H groups in total. The molecule has 0 heterocycles. The summed E-state index contributed by atoms with van der Waals surface area (Å²) >= 11 is 0. The number of allylic oxidation sites excluding steroid dienone is 4. The molecular formula is C48H90N2O6. The number of nitrogens with zero attached hydrogens (tertiary/aromatic N) is 1. The van der Waals surface area contributed by atoms with Crippen molar-refractivity contribution in [1.29, 1.82) is 0 Å². The Hall–Kier alpha value is -2.19. The number of hydrogen-bond acceptors (Lipinski definition) is 7. The van der Waals surface area contributed by atoms with Gasteiger partial charge >= 0.3 is 11.9 Å². The predicted octanol–water partition coefficient (Wildman–Crippen LogP) is 12.5. The fourth-order valence-electron chi connectivity index (χ4n) is 7.09. The molecule has 0 aliphatic rings. The number of unbranched alkanes of at least 4 members (excludes halogenated alkanes) is 22. The van der Waals surface area contributed by atoms with E-state index in [4.69, 9.17) is 19.9 Å². The Balaban J connectivity index is 4.61. The number of carbonyl (C=O) groups is 3. The van der Waals surface area contributed by atoms with Crippen molar-refractivity contribution in [3.8, 4) is 0 Å². The summed E-state index contributed by atoms with van der Waals surface area (Å²) in [5, 5.41) is 0. The smallest absolute Gasteiger partial charge is 0.306 e. The van der Waals surface area contributed by atoms with E-state index >= 15 is 0 Å². The SMILES string of the molecule is CCCCCCCC/C=C\CCCCCCCC(=O)OCC(OCCN(C(C)C)C(C)C)C(OC(=O)CCCCCCC/C=C\CCCCCCCC)C(N)=O. The maximum absolute atomic E-state index is 12.8. The van der Waals surface area contributed by atoms with Gasteiger partial charge < -0.3 is 19.9 Å². The molecule has 1 amide bonds. The van der Waals surface area contributed by atoms with Crippen molar-refractivity contribution in [2.45, 2.75) is 246 Å². The number of ether oxygens (including phenoxy) is 3. The Kier molecular flexibility index (Phi) is 38.1. The Labute approximate surface area is 345 Å². The lowest BCUT2D eigenvalue weighted by Gasteiger charge is -2.31. The number of hydrogen-bond donors (Lipinski definition) is 1. The van der Waals surface area contributed by atoms with Crippen LogP contribution in [0.1, 0.15) is 221 Å². The van der Waals surface area contributed by atoms with Gasteiger partial charge in [-0.05, 0) is 91.9 Å². The van der Waals surface area contributed by atoms with Crippen LogP contribution in [0, 0.1) is 0 Å². The topological polar surface area (TPSA) is 108 Å². The number of amides is 1. The summed E-state index contributed by atoms with van der Waals surface area (Å²) in [6.45, 7) is 13.7. The van der Waals surface area contributed by atoms with E-state index in [0.29, 0.717) is 31.5 Å². The van der Waals surface area contributed by atoms with E-state index in [1.807, 2.05) is 0 Å². The average Bonchev–Trinajstić information content (AvgIpc) is 3.16. The molecule has 0 aliphatic heterocycles. The first kappa shape index (κ1) is 53.8. The minimum atomic E-state index is -1.33. The van der Waals surface area contributed by atoms with Gasteiger partial charge in [-0.2, -0.15) is 0 Å². The van der Waals surface area contributed by atoms with Crippen LogP contribution in [0.3, 0.4) is 0 Å². The van der Waals surface area contributed by atoms with E-state index in [1.165, 1.54) is 96.3 Å². The molecule has 0 aromatic carbocycles. The van der Waals surface area contributed by atoms with Crippen molar-refractivity contribution < 1.29 is 28.6 Å². The summed E-state index contributed by atoms with van der Waals surface area (Å²) in [6, 6.07) is 0.606. The normalized spacial score (nSPS) is 13.1. The molecule has 0 bridgehead atoms. The monoisotopic (exact) mass is 791 g/mol. The summed E-state index contributed by atoms with van der Waals surface area (Å²) in [6.07, 6.45) is 38.2. The summed E-state index contributed by atoms with van der Waals surface area (Å²) in [5.41, 5.74) is 5.75. The predicted molar refractivity (Wildman–Crippen MR) is 236 cm³/mol. The quantitative estimate of drug-likeness (QED) is 0.0373. The van der Waals surface area contributed by atoms with Crippen LogP contribution in [-0.2, 0) is 28.6 Å². The molecule has 2 atom stereocenters. The van der Waals surface area contributed by atoms with Crippen molar-refractivity contribution in [2.24, 2.45) is 5.73 Å². The highest BCUT2D eigenvalue weighted by Crippen LogP contribution is 2.15. The Morgan fingerprint density at radius 2 is 0.911 bits per heavy atom. The molecule has 0 saturated heterocycles. The van der Waals surface area contributed by atoms with E-state index in [0.717, 1.165) is 64.2 Å². The minimum absolute atomic E-state index is 0.193. The second-order valence-corrected chi connectivity index (χ2v) is 16.5. The molecule has 0 saturated carbocycles. The lowest BCUT2D eigenvalue weighted by molar-refractivity contribution is -0.171. The van der Waals surface area contributed by atoms with E-state index < -0.39 is 24.1 Å². The summed E-state index contributed by atoms with van der Waals surface area (Å²) in [7, 11) is 0. The number of primary amides is 1. The van der Waals surface area contributed by atoms with Crippen molar-refractivity contribution in [1.82, 2.24) is 4.90 Å². The number of rotatable bonds is 41. The summed E-state index contributed by atoms with van der Waals surface area (Å²) in [4.78, 5) is 40.4. The standard InChI is InChI=1S/C48H90N2O6/c1-7-9-11-13-15-17-19-21-23-25-27-29-31-33-35-37-45(51)55-41-44(54-40-39-50(42(3)4)43(5)6)47(48(49)53)56-46(52)38-36-34-32-30-28-26-24-22-20-18-16-14-12-10-8-2/h21-24,42-44,47H,7-20,25-41H2,1-6H3,(H2,49,53)/b23-21-,24-22-. The van der Waals surface area contributed by atoms with Gasteiger partial charge in [-0.15, -0.1) is 0 Å². The van der Waals surface area contributed by atoms with Crippen LogP contribution in [0.2, 0.25) is 0 Å². The number of esters is 2. The molecule has 328 valence electrons. The van der Waals surface area contributed by atoms with Gasteiger partial charge in [0.15, 0.2) is 0 Å². The summed E-state index contributed by atoms with van der Waals surface area (Å²) in [5.74, 6) is -1.62. The van der Waals surface area contributed by atoms with Crippen molar-refractivity contribution in [3.05, 3.63) is 24.3 Å². The van der Waals surface area contributed by atoms with E-state index in [-0.39, 0.29) is 25.6 Å². The maximum atomic E-state index is 12.8. The van der Waals surface area contributed by atoms with E-state index in [2.05, 4.69) is 70.7 Å². The Morgan fingerprint density at radius 3 is 1.30 bits per heavy atom. The molecule has 8 heteroatoms. The van der Waals surface area contributed by atoms with E-state index in [1.54, 1.807) is 0 Å². The molecule has 0 aliphatic carbocycles. The highest BCUT2D eigenvalue weighted by atomic mass is 16.6. The lowest BCUT2D eigenvalue weighted by Crippen LogP contribution is -2.47. The lowest BCUT2D eigenvalue weighted by atomic mass is 10.1. The zero-order valence-electron chi connectivity index (χ0n) is 37.5. The second-order valence-electron chi connectivity index (χ2n) is 16.5. The van der Waals surface area contributed by atoms with Gasteiger partial charge in [0, 0.05) is 31.5 Å². The third kappa shape index (κ3) is 33.9. The minimum Gasteiger partial charge on any atom is -0.463 e. The first-order chi connectivity index (χ1) is 27.1. The molecule has 56 heavy (non-hydrogen) atoms. The first-order valence-electron chi connectivity index (χ1n) is 23.5. The first-order valence-corrected chi connectivity index (χ1v) is 23.5. The fourth-order valence-corrected chi connectivity index (χ4v) is 7.09. The second kappa shape index (κ2) is 39.6. The number of nitrogens with two attached hydrogens (primary N) is 1. The maximum Gasteiger partial charge on any atom is 0.306 e. The molecule has 8 nitrogen and oxygen atoms in total. The van der Waals surface area contributed by atoms with E-state index in [9.17, 15) is 14.4 Å².